The largest absolute Gasteiger partial charge is 0.393 e. The van der Waals surface area contributed by atoms with Crippen LogP contribution in [0.4, 0.5) is 11.4 Å². The quantitative estimate of drug-likeness (QED) is 0.524. The van der Waals surface area contributed by atoms with Crippen LogP contribution in [0.1, 0.15) is 38.2 Å². The van der Waals surface area contributed by atoms with E-state index in [-0.39, 0.29) is 17.3 Å². The molecular formula is C15H21N3O3. The standard InChI is InChI=1S/C15H21N3O3/c1-2-11-6-7-14(19)17(9-8-11)10-12-4-3-5-13(15(12)16)18(20)21/h3-5,11H,2,6-10,16H2,1H3. The van der Waals surface area contributed by atoms with Gasteiger partial charge in [0.05, 0.1) is 4.92 Å². The number of nitrogens with two attached hydrogens (primary N) is 1. The van der Waals surface area contributed by atoms with Gasteiger partial charge in [0.25, 0.3) is 5.69 Å². The van der Waals surface area contributed by atoms with Crippen LogP contribution in [0.15, 0.2) is 18.2 Å². The van der Waals surface area contributed by atoms with Crippen LogP contribution in [-0.4, -0.2) is 22.3 Å². The average Bonchev–Trinajstić information content (AvgIpc) is 2.63. The van der Waals surface area contributed by atoms with Crippen LogP contribution in [0.25, 0.3) is 0 Å². The molecule has 0 spiro atoms. The van der Waals surface area contributed by atoms with Crippen molar-refractivity contribution in [3.63, 3.8) is 0 Å². The molecular weight excluding hydrogens is 270 g/mol. The number of amides is 1. The summed E-state index contributed by atoms with van der Waals surface area (Å²) in [6.07, 6.45) is 3.54. The lowest BCUT2D eigenvalue weighted by Crippen LogP contribution is -2.30. The van der Waals surface area contributed by atoms with Crippen molar-refractivity contribution < 1.29 is 9.72 Å². The number of benzene rings is 1. The molecule has 0 saturated carbocycles. The predicted octanol–water partition coefficient (Wildman–Crippen LogP) is 2.72. The third kappa shape index (κ3) is 3.51. The van der Waals surface area contributed by atoms with Gasteiger partial charge in [-0.25, -0.2) is 0 Å². The molecule has 1 saturated heterocycles. The van der Waals surface area contributed by atoms with Crippen LogP contribution in [0.2, 0.25) is 0 Å². The predicted molar refractivity (Wildman–Crippen MR) is 80.6 cm³/mol. The van der Waals surface area contributed by atoms with Gasteiger partial charge in [-0.1, -0.05) is 25.5 Å². The fourth-order valence-electron chi connectivity index (χ4n) is 2.77. The summed E-state index contributed by atoms with van der Waals surface area (Å²) in [4.78, 5) is 24.4. The van der Waals surface area contributed by atoms with Crippen molar-refractivity contribution in [2.24, 2.45) is 5.92 Å². The summed E-state index contributed by atoms with van der Waals surface area (Å²) in [6.45, 7) is 3.19. The van der Waals surface area contributed by atoms with Crippen LogP contribution >= 0.6 is 0 Å². The van der Waals surface area contributed by atoms with Crippen molar-refractivity contribution in [1.82, 2.24) is 4.90 Å². The van der Waals surface area contributed by atoms with Gasteiger partial charge < -0.3 is 10.6 Å². The fourth-order valence-corrected chi connectivity index (χ4v) is 2.77. The van der Waals surface area contributed by atoms with Crippen molar-refractivity contribution in [2.75, 3.05) is 12.3 Å². The molecule has 21 heavy (non-hydrogen) atoms. The molecule has 0 aliphatic carbocycles. The number of nitro groups is 1. The zero-order valence-corrected chi connectivity index (χ0v) is 12.2. The molecule has 2 rings (SSSR count). The van der Waals surface area contributed by atoms with E-state index in [1.807, 2.05) is 0 Å². The van der Waals surface area contributed by atoms with Crippen LogP contribution in [0, 0.1) is 16.0 Å². The van der Waals surface area contributed by atoms with Crippen LogP contribution < -0.4 is 5.73 Å². The smallest absolute Gasteiger partial charge is 0.292 e. The lowest BCUT2D eigenvalue weighted by Gasteiger charge is -2.21. The first-order valence-corrected chi connectivity index (χ1v) is 7.32. The maximum absolute atomic E-state index is 12.2. The van der Waals surface area contributed by atoms with Gasteiger partial charge in [0.15, 0.2) is 0 Å². The molecule has 0 aromatic heterocycles. The van der Waals surface area contributed by atoms with Gasteiger partial charge >= 0.3 is 0 Å². The second-order valence-electron chi connectivity index (χ2n) is 5.52. The Morgan fingerprint density at radius 3 is 2.86 bits per heavy atom. The topological polar surface area (TPSA) is 89.5 Å². The lowest BCUT2D eigenvalue weighted by atomic mass is 9.98. The van der Waals surface area contributed by atoms with Gasteiger partial charge in [-0.3, -0.25) is 14.9 Å². The number of para-hydroxylation sites is 1. The number of anilines is 1. The second-order valence-corrected chi connectivity index (χ2v) is 5.52. The summed E-state index contributed by atoms with van der Waals surface area (Å²) in [5, 5.41) is 10.9. The minimum Gasteiger partial charge on any atom is -0.393 e. The molecule has 114 valence electrons. The third-order valence-corrected chi connectivity index (χ3v) is 4.24. The molecule has 1 amide bonds. The Morgan fingerprint density at radius 2 is 2.19 bits per heavy atom. The first-order chi connectivity index (χ1) is 10.0. The highest BCUT2D eigenvalue weighted by molar-refractivity contribution is 5.77. The second kappa shape index (κ2) is 6.56. The van der Waals surface area contributed by atoms with Gasteiger partial charge in [-0.15, -0.1) is 0 Å². The SMILES string of the molecule is CCC1CCC(=O)N(Cc2cccc([N+](=O)[O-])c2N)CC1. The molecule has 1 aliphatic heterocycles. The summed E-state index contributed by atoms with van der Waals surface area (Å²) in [5.74, 6) is 0.693. The van der Waals surface area contributed by atoms with Crippen LogP contribution in [0.5, 0.6) is 0 Å². The highest BCUT2D eigenvalue weighted by Gasteiger charge is 2.23. The molecule has 1 fully saturated rings. The number of carbonyl (C=O) groups excluding carboxylic acids is 1. The molecule has 1 heterocycles. The van der Waals surface area contributed by atoms with Crippen molar-refractivity contribution in [3.05, 3.63) is 33.9 Å². The van der Waals surface area contributed by atoms with E-state index < -0.39 is 4.92 Å². The lowest BCUT2D eigenvalue weighted by molar-refractivity contribution is -0.384. The van der Waals surface area contributed by atoms with Crippen molar-refractivity contribution >= 4 is 17.3 Å². The number of hydrogen-bond acceptors (Lipinski definition) is 4. The van der Waals surface area contributed by atoms with Gasteiger partial charge in [-0.05, 0) is 18.8 Å². The fraction of sp³-hybridized carbons (Fsp3) is 0.533. The van der Waals surface area contributed by atoms with E-state index in [0.29, 0.717) is 31.0 Å². The highest BCUT2D eigenvalue weighted by Crippen LogP contribution is 2.28. The molecule has 1 unspecified atom stereocenters. The first kappa shape index (κ1) is 15.3. The summed E-state index contributed by atoms with van der Waals surface area (Å²) in [5.41, 5.74) is 6.57. The van der Waals surface area contributed by atoms with E-state index in [2.05, 4.69) is 6.92 Å². The number of hydrogen-bond donors (Lipinski definition) is 1. The number of nitrogens with zero attached hydrogens (tertiary/aromatic N) is 2. The van der Waals surface area contributed by atoms with Gasteiger partial charge in [0, 0.05) is 31.1 Å². The number of nitro benzene ring substituents is 1. The van der Waals surface area contributed by atoms with E-state index in [4.69, 9.17) is 5.73 Å². The number of rotatable bonds is 4. The molecule has 1 aliphatic rings. The maximum Gasteiger partial charge on any atom is 0.292 e. The number of carbonyl (C=O) groups is 1. The van der Waals surface area contributed by atoms with Crippen molar-refractivity contribution in [2.45, 2.75) is 39.2 Å². The Kier molecular flexibility index (Phi) is 4.77. The summed E-state index contributed by atoms with van der Waals surface area (Å²) < 4.78 is 0. The minimum atomic E-state index is -0.490. The molecule has 6 nitrogen and oxygen atoms in total. The Labute approximate surface area is 124 Å². The van der Waals surface area contributed by atoms with Gasteiger partial charge in [-0.2, -0.15) is 0 Å². The maximum atomic E-state index is 12.2. The molecule has 1 aromatic carbocycles. The van der Waals surface area contributed by atoms with Crippen LogP contribution in [-0.2, 0) is 11.3 Å². The first-order valence-electron chi connectivity index (χ1n) is 7.32. The third-order valence-electron chi connectivity index (χ3n) is 4.24. The minimum absolute atomic E-state index is 0.0961. The zero-order chi connectivity index (χ0) is 15.4. The zero-order valence-electron chi connectivity index (χ0n) is 12.2. The molecule has 6 heteroatoms. The molecule has 2 N–H and O–H groups in total. The normalized spacial score (nSPS) is 19.4. The molecule has 1 atom stereocenters. The van der Waals surface area contributed by atoms with E-state index in [0.717, 1.165) is 19.3 Å². The summed E-state index contributed by atoms with van der Waals surface area (Å²) in [6, 6.07) is 4.75. The summed E-state index contributed by atoms with van der Waals surface area (Å²) in [7, 11) is 0. The van der Waals surface area contributed by atoms with E-state index in [1.54, 1.807) is 17.0 Å². The Morgan fingerprint density at radius 1 is 1.43 bits per heavy atom. The highest BCUT2D eigenvalue weighted by atomic mass is 16.6. The van der Waals surface area contributed by atoms with E-state index >= 15 is 0 Å². The Hall–Kier alpha value is -2.11. The summed E-state index contributed by atoms with van der Waals surface area (Å²) >= 11 is 0. The van der Waals surface area contributed by atoms with Crippen molar-refractivity contribution in [1.29, 1.82) is 0 Å². The van der Waals surface area contributed by atoms with Gasteiger partial charge in [0.2, 0.25) is 5.91 Å². The monoisotopic (exact) mass is 291 g/mol. The van der Waals surface area contributed by atoms with Gasteiger partial charge in [0.1, 0.15) is 5.69 Å². The average molecular weight is 291 g/mol. The number of likely N-dealkylation sites (tertiary alicyclic amines) is 1. The number of nitrogen functional groups attached to an aromatic ring is 1. The molecule has 1 aromatic rings. The van der Waals surface area contributed by atoms with Crippen LogP contribution in [0.3, 0.4) is 0 Å². The Balaban J connectivity index is 2.15. The van der Waals surface area contributed by atoms with Crippen molar-refractivity contribution in [3.8, 4) is 0 Å². The van der Waals surface area contributed by atoms with E-state index in [1.165, 1.54) is 6.07 Å². The van der Waals surface area contributed by atoms with E-state index in [9.17, 15) is 14.9 Å². The molecule has 0 bridgehead atoms. The molecule has 0 radical (unpaired) electrons. The Bertz CT molecular complexity index is 545.